The van der Waals surface area contributed by atoms with Gasteiger partial charge in [0.1, 0.15) is 40.6 Å². The van der Waals surface area contributed by atoms with E-state index in [-0.39, 0.29) is 6.42 Å². The second-order valence-electron chi connectivity index (χ2n) is 17.3. The van der Waals surface area contributed by atoms with E-state index in [1.165, 1.54) is 6.92 Å². The molecule has 0 aliphatic heterocycles. The van der Waals surface area contributed by atoms with E-state index < -0.39 is 71.0 Å². The topological polar surface area (TPSA) is 190 Å². The van der Waals surface area contributed by atoms with Crippen LogP contribution in [0.15, 0.2) is 115 Å². The Hall–Kier alpha value is -6.21. The van der Waals surface area contributed by atoms with Gasteiger partial charge in [0.05, 0.1) is 6.42 Å². The molecule has 0 aromatic heterocycles. The van der Waals surface area contributed by atoms with Crippen molar-refractivity contribution in [1.29, 1.82) is 0 Å². The number of nitrogens with one attached hydrogen (secondary N) is 5. The molecule has 13 heteroatoms. The molecule has 5 rings (SSSR count). The molecule has 0 spiro atoms. The number of amides is 5. The van der Waals surface area contributed by atoms with Gasteiger partial charge in [-0.1, -0.05) is 122 Å². The summed E-state index contributed by atoms with van der Waals surface area (Å²) in [6.07, 6.45) is 2.78. The number of nitrogens with two attached hydrogens (primary N) is 1. The van der Waals surface area contributed by atoms with Crippen molar-refractivity contribution in [2.24, 2.45) is 11.8 Å². The Morgan fingerprint density at radius 1 is 0.672 bits per heavy atom. The largest absolute Gasteiger partial charge is 0.488 e. The second-order valence-corrected chi connectivity index (χ2v) is 17.3. The highest BCUT2D eigenvalue weighted by Gasteiger charge is 2.39. The highest BCUT2D eigenvalue weighted by Crippen LogP contribution is 2.37. The van der Waals surface area contributed by atoms with E-state index in [4.69, 9.17) is 15.3 Å². The predicted octanol–water partition coefficient (Wildman–Crippen LogP) is 5.95. The van der Waals surface area contributed by atoms with Gasteiger partial charge in [0.15, 0.2) is 0 Å². The van der Waals surface area contributed by atoms with Gasteiger partial charge in [-0.05, 0) is 88.3 Å². The van der Waals surface area contributed by atoms with Crippen molar-refractivity contribution < 1.29 is 33.4 Å². The average Bonchev–Trinajstić information content (AvgIpc) is 3.21. The van der Waals surface area contributed by atoms with Gasteiger partial charge in [-0.15, -0.1) is 0 Å². The highest BCUT2D eigenvalue weighted by atomic mass is 16.6. The van der Waals surface area contributed by atoms with Crippen molar-refractivity contribution in [3.63, 3.8) is 0 Å². The third-order valence-electron chi connectivity index (χ3n) is 10.6. The van der Waals surface area contributed by atoms with Crippen LogP contribution in [0.2, 0.25) is 0 Å². The lowest BCUT2D eigenvalue weighted by Crippen LogP contribution is -2.58. The van der Waals surface area contributed by atoms with E-state index >= 15 is 0 Å². The fourth-order valence-electron chi connectivity index (χ4n) is 7.55. The molecule has 1 saturated carbocycles. The van der Waals surface area contributed by atoms with Gasteiger partial charge < -0.3 is 30.7 Å². The first-order chi connectivity index (χ1) is 29.0. The van der Waals surface area contributed by atoms with Gasteiger partial charge >= 0.3 is 6.09 Å². The zero-order valence-corrected chi connectivity index (χ0v) is 36.0. The maximum Gasteiger partial charge on any atom is 0.408 e. The van der Waals surface area contributed by atoms with Crippen LogP contribution in [0, 0.1) is 5.92 Å². The maximum atomic E-state index is 14.3. The van der Waals surface area contributed by atoms with E-state index in [2.05, 4.69) is 26.7 Å². The Labute approximate surface area is 358 Å². The summed E-state index contributed by atoms with van der Waals surface area (Å²) in [4.78, 5) is 68.5. The summed E-state index contributed by atoms with van der Waals surface area (Å²) in [6, 6.07) is 31.6. The number of hydrogen-bond donors (Lipinski definition) is 6. The fourth-order valence-corrected chi connectivity index (χ4v) is 7.55. The van der Waals surface area contributed by atoms with Crippen LogP contribution in [0.3, 0.4) is 0 Å². The van der Waals surface area contributed by atoms with Crippen molar-refractivity contribution in [1.82, 2.24) is 26.7 Å². The van der Waals surface area contributed by atoms with Crippen LogP contribution in [0.25, 0.3) is 0 Å². The van der Waals surface area contributed by atoms with E-state index in [1.807, 2.05) is 126 Å². The molecule has 1 aliphatic carbocycles. The first kappa shape index (κ1) is 45.9. The molecule has 3 atom stereocenters. The van der Waals surface area contributed by atoms with Crippen molar-refractivity contribution in [2.75, 3.05) is 0 Å². The highest BCUT2D eigenvalue weighted by molar-refractivity contribution is 5.96. The van der Waals surface area contributed by atoms with Crippen molar-refractivity contribution >= 4 is 29.7 Å². The molecule has 7 N–H and O–H groups in total. The van der Waals surface area contributed by atoms with Crippen molar-refractivity contribution in [3.05, 3.63) is 138 Å². The molecular weight excluding hydrogens is 773 g/mol. The quantitative estimate of drug-likeness (QED) is 0.0307. The van der Waals surface area contributed by atoms with Crippen molar-refractivity contribution in [2.45, 2.75) is 115 Å². The molecular formula is C48H60N6O7. The lowest BCUT2D eigenvalue weighted by atomic mass is 9.77. The number of hydrogen-bond acceptors (Lipinski definition) is 8. The molecule has 13 nitrogen and oxygen atoms in total. The third kappa shape index (κ3) is 12.9. The number of benzene rings is 4. The fraction of sp³-hybridized carbons (Fsp3) is 0.396. The maximum absolute atomic E-state index is 14.3. The van der Waals surface area contributed by atoms with Gasteiger partial charge in [-0.3, -0.25) is 24.6 Å². The third-order valence-corrected chi connectivity index (χ3v) is 10.6. The SMILES string of the molecule is C[C@H](NC(=O)OC(C)(C)CC1CCC1)C(=O)N[C@@H](Cc1ccc(OC(C)(C)C)cc1)C(=O)NC(CC(=O)NC(c1ccccc1)(c1ccccc1)c1ccccc1)C(=O)NN. The minimum atomic E-state index is -1.46. The number of carbonyl (C=O) groups is 5. The summed E-state index contributed by atoms with van der Waals surface area (Å²) in [5.74, 6) is 3.89. The summed E-state index contributed by atoms with van der Waals surface area (Å²) in [5.41, 5.74) is 2.66. The molecule has 5 amide bonds. The molecule has 4 aromatic carbocycles. The Balaban J connectivity index is 1.38. The summed E-state index contributed by atoms with van der Waals surface area (Å²) < 4.78 is 11.7. The van der Waals surface area contributed by atoms with Crippen LogP contribution in [0.5, 0.6) is 5.75 Å². The first-order valence-electron chi connectivity index (χ1n) is 20.8. The molecule has 0 bridgehead atoms. The Morgan fingerprint density at radius 2 is 1.18 bits per heavy atom. The number of ether oxygens (including phenoxy) is 2. The monoisotopic (exact) mass is 832 g/mol. The molecule has 61 heavy (non-hydrogen) atoms. The molecule has 0 radical (unpaired) electrons. The molecule has 324 valence electrons. The Bertz CT molecular complexity index is 1990. The van der Waals surface area contributed by atoms with Gasteiger partial charge in [0.2, 0.25) is 17.7 Å². The zero-order chi connectivity index (χ0) is 44.2. The average molecular weight is 833 g/mol. The molecule has 0 heterocycles. The van der Waals surface area contributed by atoms with E-state index in [9.17, 15) is 24.0 Å². The van der Waals surface area contributed by atoms with Crippen LogP contribution in [0.4, 0.5) is 4.79 Å². The summed E-state index contributed by atoms with van der Waals surface area (Å²) >= 11 is 0. The molecule has 4 aromatic rings. The standard InChI is InChI=1S/C48H60N6O7/c1-32(50-45(59)61-47(5,6)31-34-17-16-18-34)42(56)51-39(29-33-25-27-38(28-26-33)60-46(2,3)4)43(57)52-40(44(58)54-49)30-41(55)53-48(35-19-10-7-11-20-35,36-21-12-8-13-22-36)37-23-14-9-15-24-37/h7-15,19-28,32,34,39-40H,16-18,29-31,49H2,1-6H3,(H,50,59)(H,51,56)(H,52,57)(H,53,55)(H,54,58)/t32-,39-,40?/m0/s1. The summed E-state index contributed by atoms with van der Waals surface area (Å²) in [6.45, 7) is 10.9. The molecule has 1 fully saturated rings. The van der Waals surface area contributed by atoms with Gasteiger partial charge in [-0.2, -0.15) is 0 Å². The second kappa shape index (κ2) is 20.4. The van der Waals surface area contributed by atoms with Crippen LogP contribution in [-0.2, 0) is 35.9 Å². The predicted molar refractivity (Wildman–Crippen MR) is 234 cm³/mol. The first-order valence-corrected chi connectivity index (χ1v) is 20.8. The molecule has 1 aliphatic rings. The van der Waals surface area contributed by atoms with E-state index in [1.54, 1.807) is 24.3 Å². The zero-order valence-electron chi connectivity index (χ0n) is 36.0. The summed E-state index contributed by atoms with van der Waals surface area (Å²) in [5, 5.41) is 11.2. The lowest BCUT2D eigenvalue weighted by molar-refractivity contribution is -0.134. The normalized spacial score (nSPS) is 14.5. The van der Waals surface area contributed by atoms with Gasteiger partial charge in [-0.25, -0.2) is 10.6 Å². The number of rotatable bonds is 18. The van der Waals surface area contributed by atoms with Gasteiger partial charge in [0, 0.05) is 6.42 Å². The summed E-state index contributed by atoms with van der Waals surface area (Å²) in [7, 11) is 0. The van der Waals surface area contributed by atoms with Gasteiger partial charge in [0.25, 0.3) is 5.91 Å². The van der Waals surface area contributed by atoms with E-state index in [0.29, 0.717) is 23.7 Å². The van der Waals surface area contributed by atoms with Crippen LogP contribution in [-0.4, -0.2) is 59.0 Å². The van der Waals surface area contributed by atoms with E-state index in [0.717, 1.165) is 36.0 Å². The smallest absolute Gasteiger partial charge is 0.408 e. The molecule has 1 unspecified atom stereocenters. The Morgan fingerprint density at radius 3 is 1.64 bits per heavy atom. The minimum absolute atomic E-state index is 0.0126. The number of alkyl carbamates (subject to hydrolysis) is 1. The number of hydrazine groups is 1. The number of carbonyl (C=O) groups excluding carboxylic acids is 5. The van der Waals surface area contributed by atoms with Crippen LogP contribution < -0.4 is 37.3 Å². The van der Waals surface area contributed by atoms with Crippen molar-refractivity contribution in [3.8, 4) is 5.75 Å². The molecule has 0 saturated heterocycles. The van der Waals surface area contributed by atoms with Crippen LogP contribution >= 0.6 is 0 Å². The Kier molecular flexibility index (Phi) is 15.3. The lowest BCUT2D eigenvalue weighted by Gasteiger charge is -2.37. The minimum Gasteiger partial charge on any atom is -0.488 e. The van der Waals surface area contributed by atoms with Crippen LogP contribution in [0.1, 0.15) is 95.9 Å².